The standard InChI is InChI=1S/C14H8F2N4/c15-7-1-9(13-11(3-7)17-5-19-13)10-2-8(16)4-12-14(10)20-6-18-12/h1-6H,(H,17,19)(H,18,20). The zero-order chi connectivity index (χ0) is 13.7. The Balaban J connectivity index is 2.15. The highest BCUT2D eigenvalue weighted by atomic mass is 19.1. The largest absolute Gasteiger partial charge is 0.344 e. The highest BCUT2D eigenvalue weighted by Gasteiger charge is 2.14. The lowest BCUT2D eigenvalue weighted by Gasteiger charge is -2.05. The van der Waals surface area contributed by atoms with Crippen LogP contribution < -0.4 is 0 Å². The monoisotopic (exact) mass is 270 g/mol. The van der Waals surface area contributed by atoms with Gasteiger partial charge in [-0.05, 0) is 18.2 Å². The van der Waals surface area contributed by atoms with Crippen LogP contribution in [0, 0.1) is 11.6 Å². The molecule has 0 amide bonds. The Hall–Kier alpha value is -2.76. The number of rotatable bonds is 1. The molecule has 0 unspecified atom stereocenters. The molecule has 4 nitrogen and oxygen atoms in total. The van der Waals surface area contributed by atoms with E-state index in [1.54, 1.807) is 0 Å². The van der Waals surface area contributed by atoms with E-state index in [0.29, 0.717) is 33.2 Å². The van der Waals surface area contributed by atoms with E-state index < -0.39 is 11.6 Å². The summed E-state index contributed by atoms with van der Waals surface area (Å²) in [5, 5.41) is 0. The molecule has 4 rings (SSSR count). The summed E-state index contributed by atoms with van der Waals surface area (Å²) in [6.07, 6.45) is 2.96. The van der Waals surface area contributed by atoms with Crippen molar-refractivity contribution in [2.45, 2.75) is 0 Å². The number of hydrogen-bond donors (Lipinski definition) is 2. The van der Waals surface area contributed by atoms with Gasteiger partial charge in [0.25, 0.3) is 0 Å². The number of imidazole rings is 2. The Morgan fingerprint density at radius 3 is 2.45 bits per heavy atom. The minimum absolute atomic E-state index is 0.409. The van der Waals surface area contributed by atoms with Crippen LogP contribution in [-0.4, -0.2) is 19.9 Å². The quantitative estimate of drug-likeness (QED) is 0.557. The third-order valence-electron chi connectivity index (χ3n) is 3.27. The predicted octanol–water partition coefficient (Wildman–Crippen LogP) is 3.38. The van der Waals surface area contributed by atoms with Gasteiger partial charge in [-0.2, -0.15) is 0 Å². The second-order valence-electron chi connectivity index (χ2n) is 4.50. The predicted molar refractivity (Wildman–Crippen MR) is 71.1 cm³/mol. The number of nitrogens with zero attached hydrogens (tertiary/aromatic N) is 2. The van der Waals surface area contributed by atoms with Crippen molar-refractivity contribution in [1.82, 2.24) is 19.9 Å². The zero-order valence-corrected chi connectivity index (χ0v) is 10.1. The molecular formula is C14H8F2N4. The van der Waals surface area contributed by atoms with Gasteiger partial charge in [0.2, 0.25) is 0 Å². The number of nitrogens with one attached hydrogen (secondary N) is 2. The Kier molecular flexibility index (Phi) is 2.14. The smallest absolute Gasteiger partial charge is 0.126 e. The third-order valence-corrected chi connectivity index (χ3v) is 3.27. The van der Waals surface area contributed by atoms with E-state index in [9.17, 15) is 8.78 Å². The molecule has 2 heterocycles. The molecule has 0 bridgehead atoms. The topological polar surface area (TPSA) is 57.4 Å². The first kappa shape index (κ1) is 11.1. The van der Waals surface area contributed by atoms with Gasteiger partial charge in [-0.3, -0.25) is 0 Å². The van der Waals surface area contributed by atoms with Crippen molar-refractivity contribution >= 4 is 22.1 Å². The summed E-state index contributed by atoms with van der Waals surface area (Å²) in [5.41, 5.74) is 3.36. The fourth-order valence-electron chi connectivity index (χ4n) is 2.44. The maximum atomic E-state index is 13.7. The van der Waals surface area contributed by atoms with Crippen LogP contribution in [0.2, 0.25) is 0 Å². The highest BCUT2D eigenvalue weighted by Crippen LogP contribution is 2.32. The SMILES string of the molecule is Fc1cc(-c2cc(F)cc3[nH]cnc23)c2[nH]cnc2c1. The van der Waals surface area contributed by atoms with Gasteiger partial charge in [0.1, 0.15) is 11.6 Å². The molecule has 6 heteroatoms. The number of halogens is 2. The van der Waals surface area contributed by atoms with E-state index in [0.717, 1.165) is 0 Å². The maximum absolute atomic E-state index is 13.7. The lowest BCUT2D eigenvalue weighted by atomic mass is 10.0. The Morgan fingerprint density at radius 2 is 1.55 bits per heavy atom. The highest BCUT2D eigenvalue weighted by molar-refractivity contribution is 6.00. The molecule has 4 aromatic rings. The average Bonchev–Trinajstić information content (AvgIpc) is 3.04. The number of fused-ring (bicyclic) bond motifs is 2. The summed E-state index contributed by atoms with van der Waals surface area (Å²) in [5.74, 6) is -0.832. The van der Waals surface area contributed by atoms with Crippen molar-refractivity contribution in [2.75, 3.05) is 0 Å². The average molecular weight is 270 g/mol. The maximum Gasteiger partial charge on any atom is 0.126 e. The van der Waals surface area contributed by atoms with Crippen LogP contribution in [0.15, 0.2) is 36.9 Å². The number of benzene rings is 2. The second kappa shape index (κ2) is 3.86. The van der Waals surface area contributed by atoms with Crippen molar-refractivity contribution in [2.24, 2.45) is 0 Å². The van der Waals surface area contributed by atoms with Gasteiger partial charge < -0.3 is 9.97 Å². The molecule has 0 aliphatic carbocycles. The fourth-order valence-corrected chi connectivity index (χ4v) is 2.44. The van der Waals surface area contributed by atoms with Gasteiger partial charge in [-0.25, -0.2) is 18.7 Å². The molecule has 0 aliphatic heterocycles. The summed E-state index contributed by atoms with van der Waals surface area (Å²) in [7, 11) is 0. The van der Waals surface area contributed by atoms with E-state index in [2.05, 4.69) is 19.9 Å². The van der Waals surface area contributed by atoms with E-state index in [4.69, 9.17) is 0 Å². The number of hydrogen-bond acceptors (Lipinski definition) is 2. The number of aromatic amines is 2. The normalized spacial score (nSPS) is 11.5. The van der Waals surface area contributed by atoms with Crippen molar-refractivity contribution in [3.63, 3.8) is 0 Å². The first-order chi connectivity index (χ1) is 9.72. The molecule has 0 saturated heterocycles. The van der Waals surface area contributed by atoms with Gasteiger partial charge in [0, 0.05) is 17.2 Å². The van der Waals surface area contributed by atoms with Crippen molar-refractivity contribution in [3.8, 4) is 11.1 Å². The first-order valence-corrected chi connectivity index (χ1v) is 5.98. The van der Waals surface area contributed by atoms with Crippen LogP contribution >= 0.6 is 0 Å². The van der Waals surface area contributed by atoms with Crippen LogP contribution in [0.5, 0.6) is 0 Å². The lowest BCUT2D eigenvalue weighted by Crippen LogP contribution is -1.88. The minimum Gasteiger partial charge on any atom is -0.344 e. The van der Waals surface area contributed by atoms with E-state index >= 15 is 0 Å². The van der Waals surface area contributed by atoms with Crippen molar-refractivity contribution < 1.29 is 8.78 Å². The molecule has 0 atom stereocenters. The first-order valence-electron chi connectivity index (χ1n) is 5.98. The van der Waals surface area contributed by atoms with Gasteiger partial charge in [-0.1, -0.05) is 0 Å². The molecular weight excluding hydrogens is 262 g/mol. The van der Waals surface area contributed by atoms with Gasteiger partial charge >= 0.3 is 0 Å². The van der Waals surface area contributed by atoms with E-state index in [1.165, 1.54) is 36.9 Å². The van der Waals surface area contributed by atoms with Crippen LogP contribution in [0.3, 0.4) is 0 Å². The van der Waals surface area contributed by atoms with Crippen LogP contribution in [0.1, 0.15) is 0 Å². The number of aromatic nitrogens is 4. The Bertz CT molecular complexity index is 861. The Morgan fingerprint density at radius 1 is 0.800 bits per heavy atom. The van der Waals surface area contributed by atoms with Crippen molar-refractivity contribution in [1.29, 1.82) is 0 Å². The van der Waals surface area contributed by atoms with Crippen LogP contribution in [0.25, 0.3) is 33.2 Å². The molecule has 0 fully saturated rings. The van der Waals surface area contributed by atoms with Crippen LogP contribution in [0.4, 0.5) is 8.78 Å². The molecule has 20 heavy (non-hydrogen) atoms. The molecule has 2 aromatic heterocycles. The summed E-state index contributed by atoms with van der Waals surface area (Å²) in [6, 6.07) is 5.38. The lowest BCUT2D eigenvalue weighted by molar-refractivity contribution is 0.627. The van der Waals surface area contributed by atoms with E-state index in [1.807, 2.05) is 0 Å². The Labute approximate surface area is 111 Å². The van der Waals surface area contributed by atoms with Crippen LogP contribution in [-0.2, 0) is 0 Å². The third kappa shape index (κ3) is 1.51. The molecule has 0 aliphatic rings. The van der Waals surface area contributed by atoms with Gasteiger partial charge in [0.05, 0.1) is 34.7 Å². The molecule has 2 N–H and O–H groups in total. The van der Waals surface area contributed by atoms with Gasteiger partial charge in [-0.15, -0.1) is 0 Å². The molecule has 0 spiro atoms. The molecule has 0 radical (unpaired) electrons. The second-order valence-corrected chi connectivity index (χ2v) is 4.50. The fraction of sp³-hybridized carbons (Fsp3) is 0. The summed E-state index contributed by atoms with van der Waals surface area (Å²) in [4.78, 5) is 14.0. The zero-order valence-electron chi connectivity index (χ0n) is 10.1. The minimum atomic E-state index is -0.424. The molecule has 0 saturated carbocycles. The number of H-pyrrole nitrogens is 2. The molecule has 98 valence electrons. The molecule has 2 aromatic carbocycles. The van der Waals surface area contributed by atoms with Gasteiger partial charge in [0.15, 0.2) is 0 Å². The summed E-state index contributed by atoms with van der Waals surface area (Å²) < 4.78 is 27.4. The summed E-state index contributed by atoms with van der Waals surface area (Å²) in [6.45, 7) is 0. The summed E-state index contributed by atoms with van der Waals surface area (Å²) >= 11 is 0. The van der Waals surface area contributed by atoms with E-state index in [-0.39, 0.29) is 0 Å². The van der Waals surface area contributed by atoms with Crippen molar-refractivity contribution in [3.05, 3.63) is 48.6 Å².